The van der Waals surface area contributed by atoms with E-state index in [9.17, 15) is 39.5 Å². The third-order valence-electron chi connectivity index (χ3n) is 1.71. The van der Waals surface area contributed by atoms with Crippen molar-refractivity contribution in [1.82, 2.24) is 0 Å². The normalized spacial score (nSPS) is 17.1. The molecular formula is C6H3Cl2F9. The highest BCUT2D eigenvalue weighted by molar-refractivity contribution is 6.20. The monoisotopic (exact) mass is 316 g/mol. The molecule has 0 heterocycles. The molecule has 0 nitrogen and oxygen atoms in total. The molecule has 0 rings (SSSR count). The van der Waals surface area contributed by atoms with Crippen molar-refractivity contribution in [3.63, 3.8) is 0 Å². The summed E-state index contributed by atoms with van der Waals surface area (Å²) in [5, 5.41) is 0. The Hall–Kier alpha value is -0.0500. The van der Waals surface area contributed by atoms with Crippen LogP contribution in [0.15, 0.2) is 0 Å². The van der Waals surface area contributed by atoms with Crippen LogP contribution in [0.25, 0.3) is 0 Å². The number of rotatable bonds is 5. The van der Waals surface area contributed by atoms with E-state index in [1.165, 1.54) is 0 Å². The van der Waals surface area contributed by atoms with Crippen LogP contribution >= 0.6 is 23.2 Å². The maximum absolute atomic E-state index is 12.5. The summed E-state index contributed by atoms with van der Waals surface area (Å²) >= 11 is 8.22. The van der Waals surface area contributed by atoms with E-state index in [-0.39, 0.29) is 0 Å². The predicted molar refractivity (Wildman–Crippen MR) is 41.3 cm³/mol. The molecule has 0 aromatic carbocycles. The van der Waals surface area contributed by atoms with Gasteiger partial charge in [0.2, 0.25) is 5.63 Å². The molecule has 0 aromatic rings. The second-order valence-corrected chi connectivity index (χ2v) is 3.56. The van der Waals surface area contributed by atoms with Crippen molar-refractivity contribution in [2.75, 3.05) is 5.88 Å². The Labute approximate surface area is 98.7 Å². The molecule has 0 aromatic heterocycles. The summed E-state index contributed by atoms with van der Waals surface area (Å²) in [5.74, 6) is -27.5. The zero-order chi connectivity index (χ0) is 14.3. The van der Waals surface area contributed by atoms with Gasteiger partial charge in [0.25, 0.3) is 0 Å². The quantitative estimate of drug-likeness (QED) is 0.524. The summed E-state index contributed by atoms with van der Waals surface area (Å²) < 4.78 is 112. The molecule has 0 N–H and O–H groups in total. The van der Waals surface area contributed by atoms with Gasteiger partial charge in [-0.2, -0.15) is 35.1 Å². The standard InChI is InChI=1S/C6H3Cl2F9/c7-1-3(10,11)5(14,15)6(16,17)4(12,13)2(8)9/h2H,1H2. The molecule has 0 aliphatic rings. The first-order valence-corrected chi connectivity index (χ1v) is 4.58. The highest BCUT2D eigenvalue weighted by Crippen LogP contribution is 2.54. The molecule has 17 heavy (non-hydrogen) atoms. The first kappa shape index (κ1) is 16.9. The second kappa shape index (κ2) is 4.56. The van der Waals surface area contributed by atoms with E-state index >= 15 is 0 Å². The molecule has 104 valence electrons. The Balaban J connectivity index is 5.61. The van der Waals surface area contributed by atoms with Gasteiger partial charge in [0, 0.05) is 0 Å². The minimum Gasteiger partial charge on any atom is -0.223 e. The molecule has 0 radical (unpaired) electrons. The lowest BCUT2D eigenvalue weighted by atomic mass is 10.0. The van der Waals surface area contributed by atoms with Crippen molar-refractivity contribution in [1.29, 1.82) is 0 Å². The van der Waals surface area contributed by atoms with Crippen molar-refractivity contribution in [3.05, 3.63) is 0 Å². The molecule has 1 atom stereocenters. The van der Waals surface area contributed by atoms with Crippen LogP contribution in [0.2, 0.25) is 0 Å². The molecule has 0 bridgehead atoms. The maximum atomic E-state index is 12.5. The lowest BCUT2D eigenvalue weighted by Gasteiger charge is -2.36. The van der Waals surface area contributed by atoms with Gasteiger partial charge in [-0.25, -0.2) is 4.39 Å². The second-order valence-electron chi connectivity index (χ2n) is 2.91. The van der Waals surface area contributed by atoms with Crippen LogP contribution in [-0.2, 0) is 0 Å². The Bertz CT molecular complexity index is 275. The smallest absolute Gasteiger partial charge is 0.223 e. The van der Waals surface area contributed by atoms with E-state index in [1.807, 2.05) is 0 Å². The SMILES string of the molecule is FC(Cl)C(F)(F)C(F)(F)C(F)(F)C(F)(F)CCl. The summed E-state index contributed by atoms with van der Waals surface area (Å²) in [6, 6.07) is 0. The van der Waals surface area contributed by atoms with E-state index in [0.717, 1.165) is 0 Å². The molecule has 0 amide bonds. The van der Waals surface area contributed by atoms with E-state index in [0.29, 0.717) is 0 Å². The highest BCUT2D eigenvalue weighted by atomic mass is 35.5. The van der Waals surface area contributed by atoms with Gasteiger partial charge in [-0.3, -0.25) is 0 Å². The van der Waals surface area contributed by atoms with Crippen molar-refractivity contribution >= 4 is 23.2 Å². The van der Waals surface area contributed by atoms with Gasteiger partial charge in [-0.1, -0.05) is 11.6 Å². The Morgan fingerprint density at radius 2 is 1.18 bits per heavy atom. The fourth-order valence-electron chi connectivity index (χ4n) is 0.660. The van der Waals surface area contributed by atoms with Gasteiger partial charge in [-0.15, -0.1) is 11.6 Å². The summed E-state index contributed by atoms with van der Waals surface area (Å²) in [4.78, 5) is 0. The molecule has 0 saturated carbocycles. The van der Waals surface area contributed by atoms with Gasteiger partial charge in [0.05, 0.1) is 5.88 Å². The third-order valence-corrected chi connectivity index (χ3v) is 2.32. The van der Waals surface area contributed by atoms with Crippen molar-refractivity contribution in [2.24, 2.45) is 0 Å². The molecule has 0 spiro atoms. The Morgan fingerprint density at radius 3 is 1.41 bits per heavy atom. The third kappa shape index (κ3) is 2.40. The average Bonchev–Trinajstić information content (AvgIpc) is 2.16. The lowest BCUT2D eigenvalue weighted by molar-refractivity contribution is -0.365. The zero-order valence-corrected chi connectivity index (χ0v) is 8.95. The predicted octanol–water partition coefficient (Wildman–Crippen LogP) is 4.30. The first-order chi connectivity index (χ1) is 7.25. The number of halogens is 11. The number of hydrogen-bond donors (Lipinski definition) is 0. The van der Waals surface area contributed by atoms with E-state index in [1.54, 1.807) is 0 Å². The van der Waals surface area contributed by atoms with Crippen molar-refractivity contribution < 1.29 is 39.5 Å². The summed E-state index contributed by atoms with van der Waals surface area (Å²) in [5.41, 5.74) is -4.27. The van der Waals surface area contributed by atoms with Crippen LogP contribution in [0.1, 0.15) is 0 Å². The van der Waals surface area contributed by atoms with Crippen LogP contribution in [0.5, 0.6) is 0 Å². The van der Waals surface area contributed by atoms with Crippen LogP contribution < -0.4 is 0 Å². The Kier molecular flexibility index (Phi) is 4.55. The summed E-state index contributed by atoms with van der Waals surface area (Å²) in [6.07, 6.45) is 0. The summed E-state index contributed by atoms with van der Waals surface area (Å²) in [6.45, 7) is 0. The molecule has 0 aliphatic heterocycles. The van der Waals surface area contributed by atoms with Gasteiger partial charge >= 0.3 is 23.7 Å². The minimum absolute atomic E-state index is 2.36. The molecular weight excluding hydrogens is 314 g/mol. The number of alkyl halides is 11. The van der Waals surface area contributed by atoms with Crippen LogP contribution in [0.3, 0.4) is 0 Å². The number of hydrogen-bond acceptors (Lipinski definition) is 0. The zero-order valence-electron chi connectivity index (χ0n) is 7.44. The lowest BCUT2D eigenvalue weighted by Crippen LogP contribution is -2.64. The molecule has 0 saturated heterocycles. The molecule has 0 aliphatic carbocycles. The minimum atomic E-state index is -6.71. The van der Waals surface area contributed by atoms with E-state index < -0.39 is 35.2 Å². The largest absolute Gasteiger partial charge is 0.382 e. The summed E-state index contributed by atoms with van der Waals surface area (Å²) in [7, 11) is 0. The maximum Gasteiger partial charge on any atom is 0.382 e. The topological polar surface area (TPSA) is 0 Å². The highest BCUT2D eigenvalue weighted by Gasteiger charge is 2.82. The molecule has 11 heteroatoms. The van der Waals surface area contributed by atoms with Crippen LogP contribution in [-0.4, -0.2) is 35.2 Å². The van der Waals surface area contributed by atoms with Crippen LogP contribution in [0, 0.1) is 0 Å². The molecule has 1 unspecified atom stereocenters. The van der Waals surface area contributed by atoms with Gasteiger partial charge in [0.15, 0.2) is 0 Å². The average molecular weight is 317 g/mol. The van der Waals surface area contributed by atoms with Gasteiger partial charge in [0.1, 0.15) is 0 Å². The van der Waals surface area contributed by atoms with Gasteiger partial charge < -0.3 is 0 Å². The van der Waals surface area contributed by atoms with Crippen molar-refractivity contribution in [2.45, 2.75) is 29.3 Å². The first-order valence-electron chi connectivity index (χ1n) is 3.61. The van der Waals surface area contributed by atoms with Gasteiger partial charge in [-0.05, 0) is 0 Å². The van der Waals surface area contributed by atoms with E-state index in [4.69, 9.17) is 0 Å². The molecule has 0 fully saturated rings. The fourth-order valence-corrected chi connectivity index (χ4v) is 0.965. The fraction of sp³-hybridized carbons (Fsp3) is 1.00. The Morgan fingerprint density at radius 1 is 0.824 bits per heavy atom. The van der Waals surface area contributed by atoms with Crippen molar-refractivity contribution in [3.8, 4) is 0 Å². The van der Waals surface area contributed by atoms with E-state index in [2.05, 4.69) is 23.2 Å². The van der Waals surface area contributed by atoms with Crippen LogP contribution in [0.4, 0.5) is 39.5 Å².